The number of halogens is 1. The van der Waals surface area contributed by atoms with Crippen LogP contribution in [0.3, 0.4) is 0 Å². The standard InChI is InChI=1S/C11H19BrN2O2/c1-4-5-11(2,15)10-9(12)8-13-14(10)6-7-16-3/h8,15H,4-7H2,1-3H3. The number of aromatic nitrogens is 2. The van der Waals surface area contributed by atoms with Crippen LogP contribution >= 0.6 is 15.9 Å². The lowest BCUT2D eigenvalue weighted by molar-refractivity contribution is 0.0352. The molecule has 0 aliphatic rings. The van der Waals surface area contributed by atoms with Crippen molar-refractivity contribution >= 4 is 15.9 Å². The Labute approximate surface area is 105 Å². The predicted molar refractivity (Wildman–Crippen MR) is 66.3 cm³/mol. The second kappa shape index (κ2) is 5.80. The molecule has 0 fully saturated rings. The molecule has 1 atom stereocenters. The van der Waals surface area contributed by atoms with Crippen molar-refractivity contribution in [3.05, 3.63) is 16.4 Å². The molecule has 0 spiro atoms. The highest BCUT2D eigenvalue weighted by Gasteiger charge is 2.28. The molecule has 0 amide bonds. The summed E-state index contributed by atoms with van der Waals surface area (Å²) in [4.78, 5) is 0. The minimum atomic E-state index is -0.849. The van der Waals surface area contributed by atoms with E-state index in [0.717, 1.165) is 16.6 Å². The quantitative estimate of drug-likeness (QED) is 0.875. The summed E-state index contributed by atoms with van der Waals surface area (Å²) in [6.07, 6.45) is 3.36. The molecule has 0 saturated carbocycles. The Kier molecular flexibility index (Phi) is 4.95. The van der Waals surface area contributed by atoms with Crippen molar-refractivity contribution in [3.63, 3.8) is 0 Å². The smallest absolute Gasteiger partial charge is 0.105 e. The van der Waals surface area contributed by atoms with E-state index in [1.807, 2.05) is 6.92 Å². The van der Waals surface area contributed by atoms with Gasteiger partial charge in [0.15, 0.2) is 0 Å². The molecule has 1 heterocycles. The van der Waals surface area contributed by atoms with E-state index in [2.05, 4.69) is 28.0 Å². The molecule has 0 aliphatic heterocycles. The van der Waals surface area contributed by atoms with Crippen LogP contribution in [-0.2, 0) is 16.9 Å². The fourth-order valence-electron chi connectivity index (χ4n) is 1.85. The third kappa shape index (κ3) is 3.06. The second-order valence-corrected chi connectivity index (χ2v) is 4.94. The zero-order chi connectivity index (χ0) is 12.2. The Morgan fingerprint density at radius 2 is 2.31 bits per heavy atom. The van der Waals surface area contributed by atoms with Gasteiger partial charge in [0.25, 0.3) is 0 Å². The van der Waals surface area contributed by atoms with E-state index in [1.165, 1.54) is 0 Å². The molecule has 1 aromatic rings. The van der Waals surface area contributed by atoms with Crippen LogP contribution in [0.4, 0.5) is 0 Å². The van der Waals surface area contributed by atoms with Crippen molar-refractivity contribution < 1.29 is 9.84 Å². The van der Waals surface area contributed by atoms with Crippen molar-refractivity contribution in [3.8, 4) is 0 Å². The SMILES string of the molecule is CCCC(C)(O)c1c(Br)cnn1CCOC. The summed E-state index contributed by atoms with van der Waals surface area (Å²) in [6.45, 7) is 5.11. The number of nitrogens with zero attached hydrogens (tertiary/aromatic N) is 2. The molecule has 92 valence electrons. The lowest BCUT2D eigenvalue weighted by Gasteiger charge is -2.24. The second-order valence-electron chi connectivity index (χ2n) is 4.08. The van der Waals surface area contributed by atoms with Gasteiger partial charge in [-0.1, -0.05) is 13.3 Å². The Morgan fingerprint density at radius 1 is 1.62 bits per heavy atom. The molecule has 1 N–H and O–H groups in total. The molecular formula is C11H19BrN2O2. The fourth-order valence-corrected chi connectivity index (χ4v) is 2.57. The number of hydrogen-bond donors (Lipinski definition) is 1. The fraction of sp³-hybridized carbons (Fsp3) is 0.727. The molecule has 0 radical (unpaired) electrons. The van der Waals surface area contributed by atoms with E-state index >= 15 is 0 Å². The Hall–Kier alpha value is -0.390. The van der Waals surface area contributed by atoms with Crippen molar-refractivity contribution in [2.75, 3.05) is 13.7 Å². The summed E-state index contributed by atoms with van der Waals surface area (Å²) >= 11 is 3.43. The molecule has 0 saturated heterocycles. The van der Waals surface area contributed by atoms with Crippen LogP contribution in [0.15, 0.2) is 10.7 Å². The van der Waals surface area contributed by atoms with E-state index < -0.39 is 5.60 Å². The molecule has 1 aromatic heterocycles. The van der Waals surface area contributed by atoms with Gasteiger partial charge in [-0.05, 0) is 29.3 Å². The summed E-state index contributed by atoms with van der Waals surface area (Å²) in [5, 5.41) is 14.6. The van der Waals surface area contributed by atoms with Gasteiger partial charge in [0.05, 0.1) is 29.5 Å². The lowest BCUT2D eigenvalue weighted by atomic mass is 9.96. The Morgan fingerprint density at radius 3 is 2.88 bits per heavy atom. The average Bonchev–Trinajstić information content (AvgIpc) is 2.57. The molecule has 4 nitrogen and oxygen atoms in total. The third-order valence-corrected chi connectivity index (χ3v) is 3.13. The van der Waals surface area contributed by atoms with Crippen molar-refractivity contribution in [1.29, 1.82) is 0 Å². The summed E-state index contributed by atoms with van der Waals surface area (Å²) in [6, 6.07) is 0. The van der Waals surface area contributed by atoms with Gasteiger partial charge in [-0.15, -0.1) is 0 Å². The normalized spacial score (nSPS) is 15.1. The molecular weight excluding hydrogens is 272 g/mol. The zero-order valence-electron chi connectivity index (χ0n) is 10.0. The largest absolute Gasteiger partial charge is 0.384 e. The Bertz CT molecular complexity index is 337. The summed E-state index contributed by atoms with van der Waals surface area (Å²) in [7, 11) is 1.66. The third-order valence-electron chi connectivity index (χ3n) is 2.55. The van der Waals surface area contributed by atoms with Crippen LogP contribution in [-0.4, -0.2) is 28.6 Å². The van der Waals surface area contributed by atoms with Gasteiger partial charge in [-0.3, -0.25) is 4.68 Å². The number of methoxy groups -OCH3 is 1. The van der Waals surface area contributed by atoms with E-state index in [9.17, 15) is 5.11 Å². The first-order valence-corrected chi connectivity index (χ1v) is 6.25. The zero-order valence-corrected chi connectivity index (χ0v) is 11.6. The van der Waals surface area contributed by atoms with Gasteiger partial charge < -0.3 is 9.84 Å². The minimum Gasteiger partial charge on any atom is -0.384 e. The van der Waals surface area contributed by atoms with Crippen molar-refractivity contribution in [1.82, 2.24) is 9.78 Å². The van der Waals surface area contributed by atoms with Gasteiger partial charge in [-0.2, -0.15) is 5.10 Å². The number of rotatable bonds is 6. The topological polar surface area (TPSA) is 47.3 Å². The first kappa shape index (κ1) is 13.7. The first-order valence-electron chi connectivity index (χ1n) is 5.46. The van der Waals surface area contributed by atoms with E-state index in [1.54, 1.807) is 18.0 Å². The van der Waals surface area contributed by atoms with Crippen LogP contribution in [0.2, 0.25) is 0 Å². The van der Waals surface area contributed by atoms with Gasteiger partial charge in [0.2, 0.25) is 0 Å². The first-order chi connectivity index (χ1) is 7.53. The summed E-state index contributed by atoms with van der Waals surface area (Å²) in [5.74, 6) is 0. The van der Waals surface area contributed by atoms with Gasteiger partial charge in [0.1, 0.15) is 5.60 Å². The maximum atomic E-state index is 10.4. The van der Waals surface area contributed by atoms with Crippen molar-refractivity contribution in [2.45, 2.75) is 38.8 Å². The highest BCUT2D eigenvalue weighted by Crippen LogP contribution is 2.31. The van der Waals surface area contributed by atoms with Crippen LogP contribution < -0.4 is 0 Å². The monoisotopic (exact) mass is 290 g/mol. The van der Waals surface area contributed by atoms with Crippen molar-refractivity contribution in [2.24, 2.45) is 0 Å². The molecule has 0 aromatic carbocycles. The van der Waals surface area contributed by atoms with E-state index in [-0.39, 0.29) is 0 Å². The van der Waals surface area contributed by atoms with Crippen LogP contribution in [0, 0.1) is 0 Å². The van der Waals surface area contributed by atoms with Gasteiger partial charge in [0, 0.05) is 7.11 Å². The van der Waals surface area contributed by atoms with E-state index in [4.69, 9.17) is 4.74 Å². The molecule has 0 aliphatic carbocycles. The maximum absolute atomic E-state index is 10.4. The number of hydrogen-bond acceptors (Lipinski definition) is 3. The Balaban J connectivity index is 2.96. The minimum absolute atomic E-state index is 0.587. The van der Waals surface area contributed by atoms with Crippen LogP contribution in [0.25, 0.3) is 0 Å². The molecule has 5 heteroatoms. The highest BCUT2D eigenvalue weighted by atomic mass is 79.9. The number of aliphatic hydroxyl groups is 1. The van der Waals surface area contributed by atoms with Gasteiger partial charge >= 0.3 is 0 Å². The summed E-state index contributed by atoms with van der Waals surface area (Å²) < 4.78 is 7.67. The average molecular weight is 291 g/mol. The lowest BCUT2D eigenvalue weighted by Crippen LogP contribution is -2.26. The molecule has 1 rings (SSSR count). The highest BCUT2D eigenvalue weighted by molar-refractivity contribution is 9.10. The predicted octanol–water partition coefficient (Wildman–Crippen LogP) is 2.30. The van der Waals surface area contributed by atoms with Crippen LogP contribution in [0.5, 0.6) is 0 Å². The summed E-state index contributed by atoms with van der Waals surface area (Å²) in [5.41, 5.74) is -0.0240. The van der Waals surface area contributed by atoms with Gasteiger partial charge in [-0.25, -0.2) is 0 Å². The molecule has 1 unspecified atom stereocenters. The molecule has 0 bridgehead atoms. The maximum Gasteiger partial charge on any atom is 0.105 e. The molecule has 16 heavy (non-hydrogen) atoms. The van der Waals surface area contributed by atoms with Crippen LogP contribution in [0.1, 0.15) is 32.4 Å². The van der Waals surface area contributed by atoms with E-state index in [0.29, 0.717) is 19.6 Å². The number of ether oxygens (including phenoxy) is 1.